The van der Waals surface area contributed by atoms with Gasteiger partial charge in [0.25, 0.3) is 0 Å². The number of alkyl halides is 1. The molecule has 2 heteroatoms. The number of methoxy groups -OCH3 is 1. The van der Waals surface area contributed by atoms with Crippen LogP contribution in [0.2, 0.25) is 0 Å². The molecule has 0 bridgehead atoms. The highest BCUT2D eigenvalue weighted by Gasteiger charge is 2.03. The smallest absolute Gasteiger partial charge is 0.119 e. The highest BCUT2D eigenvalue weighted by atomic mass is 79.9. The maximum absolute atomic E-state index is 5.14. The fourth-order valence-electron chi connectivity index (χ4n) is 1.33. The second kappa shape index (κ2) is 4.66. The molecule has 1 nitrogen and oxygen atoms in total. The molecule has 0 aliphatic heterocycles. The van der Waals surface area contributed by atoms with Crippen molar-refractivity contribution in [2.24, 2.45) is 0 Å². The third kappa shape index (κ3) is 3.03. The van der Waals surface area contributed by atoms with Crippen LogP contribution in [0, 0.1) is 6.92 Å². The van der Waals surface area contributed by atoms with E-state index in [2.05, 4.69) is 41.9 Å². The lowest BCUT2D eigenvalue weighted by Crippen LogP contribution is -1.99. The molecule has 1 aromatic carbocycles. The Balaban J connectivity index is 2.85. The molecule has 0 fully saturated rings. The number of aryl methyl sites for hydroxylation is 1. The van der Waals surface area contributed by atoms with Crippen LogP contribution in [-0.2, 0) is 6.42 Å². The molecule has 0 aliphatic carbocycles. The van der Waals surface area contributed by atoms with Gasteiger partial charge in [0.1, 0.15) is 5.75 Å². The van der Waals surface area contributed by atoms with E-state index in [-0.39, 0.29) is 0 Å². The first kappa shape index (κ1) is 10.6. The van der Waals surface area contributed by atoms with Gasteiger partial charge in [-0.05, 0) is 36.6 Å². The SMILES string of the molecule is COc1ccc(CC(C)Br)c(C)c1. The summed E-state index contributed by atoms with van der Waals surface area (Å²) in [5, 5.41) is 0. The molecule has 72 valence electrons. The molecule has 0 aromatic heterocycles. The largest absolute Gasteiger partial charge is 0.497 e. The minimum absolute atomic E-state index is 0.527. The highest BCUT2D eigenvalue weighted by molar-refractivity contribution is 9.09. The van der Waals surface area contributed by atoms with Crippen molar-refractivity contribution in [2.45, 2.75) is 25.1 Å². The van der Waals surface area contributed by atoms with Crippen molar-refractivity contribution in [3.63, 3.8) is 0 Å². The lowest BCUT2D eigenvalue weighted by molar-refractivity contribution is 0.414. The fraction of sp³-hybridized carbons (Fsp3) is 0.455. The van der Waals surface area contributed by atoms with Crippen molar-refractivity contribution >= 4 is 15.9 Å². The predicted octanol–water partition coefficient (Wildman–Crippen LogP) is 3.33. The number of benzene rings is 1. The van der Waals surface area contributed by atoms with Crippen LogP contribution in [0.4, 0.5) is 0 Å². The molecule has 13 heavy (non-hydrogen) atoms. The zero-order valence-electron chi connectivity index (χ0n) is 8.30. The summed E-state index contributed by atoms with van der Waals surface area (Å²) in [5.41, 5.74) is 2.68. The molecule has 0 amide bonds. The number of halogens is 1. The maximum atomic E-state index is 5.14. The van der Waals surface area contributed by atoms with Crippen LogP contribution < -0.4 is 4.74 Å². The second-order valence-corrected chi connectivity index (χ2v) is 4.84. The topological polar surface area (TPSA) is 9.23 Å². The normalized spacial score (nSPS) is 12.6. The van der Waals surface area contributed by atoms with Gasteiger partial charge in [0, 0.05) is 4.83 Å². The van der Waals surface area contributed by atoms with Gasteiger partial charge in [-0.25, -0.2) is 0 Å². The monoisotopic (exact) mass is 242 g/mol. The number of rotatable bonds is 3. The third-order valence-electron chi connectivity index (χ3n) is 2.05. The lowest BCUT2D eigenvalue weighted by atomic mass is 10.0. The van der Waals surface area contributed by atoms with E-state index in [1.54, 1.807) is 7.11 Å². The minimum atomic E-state index is 0.527. The van der Waals surface area contributed by atoms with Gasteiger partial charge in [-0.2, -0.15) is 0 Å². The van der Waals surface area contributed by atoms with Crippen LogP contribution in [0.5, 0.6) is 5.75 Å². The molecule has 0 spiro atoms. The van der Waals surface area contributed by atoms with Crippen molar-refractivity contribution in [3.8, 4) is 5.75 Å². The van der Waals surface area contributed by atoms with Gasteiger partial charge in [-0.3, -0.25) is 0 Å². The van der Waals surface area contributed by atoms with Gasteiger partial charge >= 0.3 is 0 Å². The van der Waals surface area contributed by atoms with E-state index in [4.69, 9.17) is 4.74 Å². The van der Waals surface area contributed by atoms with Crippen molar-refractivity contribution < 1.29 is 4.74 Å². The van der Waals surface area contributed by atoms with Gasteiger partial charge < -0.3 is 4.74 Å². The van der Waals surface area contributed by atoms with Crippen LogP contribution in [0.1, 0.15) is 18.1 Å². The van der Waals surface area contributed by atoms with E-state index in [1.165, 1.54) is 11.1 Å². The zero-order chi connectivity index (χ0) is 9.84. The second-order valence-electron chi connectivity index (χ2n) is 3.28. The standard InChI is InChI=1S/C11H15BrO/c1-8-6-11(13-3)5-4-10(8)7-9(2)12/h4-6,9H,7H2,1-3H3. The summed E-state index contributed by atoms with van der Waals surface area (Å²) < 4.78 is 5.14. The average molecular weight is 243 g/mol. The number of hydrogen-bond donors (Lipinski definition) is 0. The molecule has 0 radical (unpaired) electrons. The summed E-state index contributed by atoms with van der Waals surface area (Å²) in [5.74, 6) is 0.934. The first-order valence-corrected chi connectivity index (χ1v) is 5.32. The van der Waals surface area contributed by atoms with Crippen LogP contribution in [-0.4, -0.2) is 11.9 Å². The molecule has 1 unspecified atom stereocenters. The van der Waals surface area contributed by atoms with Crippen molar-refractivity contribution in [1.82, 2.24) is 0 Å². The average Bonchev–Trinajstić information content (AvgIpc) is 2.08. The number of hydrogen-bond acceptors (Lipinski definition) is 1. The highest BCUT2D eigenvalue weighted by Crippen LogP contribution is 2.19. The van der Waals surface area contributed by atoms with Gasteiger partial charge in [-0.1, -0.05) is 28.9 Å². The van der Waals surface area contributed by atoms with Crippen molar-refractivity contribution in [2.75, 3.05) is 7.11 Å². The van der Waals surface area contributed by atoms with E-state index in [1.807, 2.05) is 6.07 Å². The summed E-state index contributed by atoms with van der Waals surface area (Å²) >= 11 is 3.55. The van der Waals surface area contributed by atoms with Crippen molar-refractivity contribution in [3.05, 3.63) is 29.3 Å². The Morgan fingerprint density at radius 2 is 2.15 bits per heavy atom. The molecule has 0 aliphatic rings. The van der Waals surface area contributed by atoms with Crippen LogP contribution in [0.25, 0.3) is 0 Å². The Bertz CT molecular complexity index is 281. The van der Waals surface area contributed by atoms with Crippen LogP contribution in [0.3, 0.4) is 0 Å². The maximum Gasteiger partial charge on any atom is 0.119 e. The molecule has 0 N–H and O–H groups in total. The Labute approximate surface area is 88.2 Å². The third-order valence-corrected chi connectivity index (χ3v) is 2.37. The van der Waals surface area contributed by atoms with Gasteiger partial charge in [0.2, 0.25) is 0 Å². The predicted molar refractivity (Wildman–Crippen MR) is 59.8 cm³/mol. The molecular weight excluding hydrogens is 228 g/mol. The van der Waals surface area contributed by atoms with E-state index in [0.29, 0.717) is 4.83 Å². The summed E-state index contributed by atoms with van der Waals surface area (Å²) in [7, 11) is 1.70. The lowest BCUT2D eigenvalue weighted by Gasteiger charge is -2.09. The van der Waals surface area contributed by atoms with Gasteiger partial charge in [0.15, 0.2) is 0 Å². The first-order valence-electron chi connectivity index (χ1n) is 4.41. The molecular formula is C11H15BrO. The molecule has 1 aromatic rings. The fourth-order valence-corrected chi connectivity index (χ4v) is 1.68. The summed E-state index contributed by atoms with van der Waals surface area (Å²) in [6, 6.07) is 6.22. The van der Waals surface area contributed by atoms with E-state index in [0.717, 1.165) is 12.2 Å². The van der Waals surface area contributed by atoms with Gasteiger partial charge in [0.05, 0.1) is 7.11 Å². The quantitative estimate of drug-likeness (QED) is 0.740. The van der Waals surface area contributed by atoms with E-state index < -0.39 is 0 Å². The summed E-state index contributed by atoms with van der Waals surface area (Å²) in [6.07, 6.45) is 1.07. The zero-order valence-corrected chi connectivity index (χ0v) is 9.89. The van der Waals surface area contributed by atoms with Gasteiger partial charge in [-0.15, -0.1) is 0 Å². The number of ether oxygens (including phenoxy) is 1. The van der Waals surface area contributed by atoms with Crippen LogP contribution >= 0.6 is 15.9 Å². The summed E-state index contributed by atoms with van der Waals surface area (Å²) in [4.78, 5) is 0.527. The molecule has 0 heterocycles. The summed E-state index contributed by atoms with van der Waals surface area (Å²) in [6.45, 7) is 4.27. The molecule has 0 saturated heterocycles. The van der Waals surface area contributed by atoms with Crippen LogP contribution in [0.15, 0.2) is 18.2 Å². The molecule has 0 saturated carbocycles. The first-order chi connectivity index (χ1) is 6.13. The Kier molecular flexibility index (Phi) is 3.79. The Morgan fingerprint density at radius 3 is 2.62 bits per heavy atom. The Morgan fingerprint density at radius 1 is 1.46 bits per heavy atom. The van der Waals surface area contributed by atoms with E-state index >= 15 is 0 Å². The van der Waals surface area contributed by atoms with Crippen molar-refractivity contribution in [1.29, 1.82) is 0 Å². The minimum Gasteiger partial charge on any atom is -0.497 e. The molecule has 1 rings (SSSR count). The Hall–Kier alpha value is -0.500. The molecule has 1 atom stereocenters. The van der Waals surface area contributed by atoms with E-state index in [9.17, 15) is 0 Å².